The van der Waals surface area contributed by atoms with Crippen LogP contribution in [0.1, 0.15) is 12.5 Å². The second kappa shape index (κ2) is 5.91. The third-order valence-corrected chi connectivity index (χ3v) is 5.40. The molecule has 0 amide bonds. The van der Waals surface area contributed by atoms with Crippen LogP contribution in [0, 0.1) is 5.92 Å². The van der Waals surface area contributed by atoms with Crippen LogP contribution in [0.4, 0.5) is 5.69 Å². The van der Waals surface area contributed by atoms with E-state index in [4.69, 9.17) is 4.74 Å². The topological polar surface area (TPSA) is 29.5 Å². The van der Waals surface area contributed by atoms with Crippen molar-refractivity contribution in [2.75, 3.05) is 19.0 Å². The highest BCUT2D eigenvalue weighted by Gasteiger charge is 2.34. The molecule has 1 heterocycles. The van der Waals surface area contributed by atoms with Gasteiger partial charge in [-0.05, 0) is 35.8 Å². The Bertz CT molecular complexity index is 698. The fourth-order valence-corrected chi connectivity index (χ4v) is 3.07. The number of carbonyl (C=O) groups is 1. The molecule has 3 nitrogen and oxygen atoms in total. The summed E-state index contributed by atoms with van der Waals surface area (Å²) in [7, 11) is 4.00. The van der Waals surface area contributed by atoms with Crippen molar-refractivity contribution >= 4 is 40.1 Å². The number of carbonyl (C=O) groups excluding carboxylic acids is 1. The van der Waals surface area contributed by atoms with Gasteiger partial charge in [0.15, 0.2) is 5.76 Å². The number of ether oxygens (including phenoxy) is 1. The second-order valence-electron chi connectivity index (χ2n) is 5.84. The van der Waals surface area contributed by atoms with Gasteiger partial charge in [-0.15, -0.1) is 0 Å². The molecule has 2 unspecified atom stereocenters. The number of halogens is 1. The molecule has 4 heteroatoms. The summed E-state index contributed by atoms with van der Waals surface area (Å²) in [6, 6.07) is 8.04. The number of anilines is 1. The largest absolute Gasteiger partial charge is 0.453 e. The summed E-state index contributed by atoms with van der Waals surface area (Å²) in [4.78, 5) is 14.5. The maximum atomic E-state index is 12.5. The van der Waals surface area contributed by atoms with Gasteiger partial charge in [0, 0.05) is 23.7 Å². The summed E-state index contributed by atoms with van der Waals surface area (Å²) >= 11 is 2.36. The van der Waals surface area contributed by atoms with Gasteiger partial charge in [-0.25, -0.2) is 0 Å². The number of hydrogen-bond donors (Lipinski definition) is 0. The number of benzene rings is 1. The summed E-state index contributed by atoms with van der Waals surface area (Å²) in [5, 5.41) is 0. The van der Waals surface area contributed by atoms with Crippen LogP contribution in [0.15, 0.2) is 53.5 Å². The highest BCUT2D eigenvalue weighted by atomic mass is 127. The van der Waals surface area contributed by atoms with Gasteiger partial charge < -0.3 is 9.64 Å². The number of allylic oxidation sites excluding steroid dienone is 4. The predicted molar refractivity (Wildman–Crippen MR) is 98.0 cm³/mol. The van der Waals surface area contributed by atoms with Crippen LogP contribution in [0.5, 0.6) is 0 Å². The zero-order valence-electron chi connectivity index (χ0n) is 12.8. The molecule has 2 atom stereocenters. The van der Waals surface area contributed by atoms with Crippen molar-refractivity contribution in [1.82, 2.24) is 0 Å². The highest BCUT2D eigenvalue weighted by Crippen LogP contribution is 2.37. The van der Waals surface area contributed by atoms with Gasteiger partial charge in [0.25, 0.3) is 0 Å². The zero-order chi connectivity index (χ0) is 15.9. The number of fused-ring (bicyclic) bond motifs is 1. The first kappa shape index (κ1) is 15.3. The van der Waals surface area contributed by atoms with E-state index in [2.05, 4.69) is 29.5 Å². The molecule has 1 aliphatic heterocycles. The standard InChI is InChI=1S/C18H18INO2/c1-11-8-16-14(10-15(11)19)18(21)17(22-16)9-12-4-6-13(7-5-12)20(2)3/h4-11,15H,1-3H3/b17-9-. The van der Waals surface area contributed by atoms with E-state index >= 15 is 0 Å². The molecule has 0 N–H and O–H groups in total. The molecule has 114 valence electrons. The SMILES string of the molecule is CC1C=C2O/C(=C\c3ccc(N(C)C)cc3)C(=O)C2=CC1I. The van der Waals surface area contributed by atoms with Crippen molar-refractivity contribution in [2.45, 2.75) is 10.8 Å². The molecule has 0 radical (unpaired) electrons. The smallest absolute Gasteiger partial charge is 0.231 e. The first-order valence-corrected chi connectivity index (χ1v) is 8.50. The Kier molecular flexibility index (Phi) is 4.12. The maximum Gasteiger partial charge on any atom is 0.231 e. The lowest BCUT2D eigenvalue weighted by atomic mass is 9.95. The summed E-state index contributed by atoms with van der Waals surface area (Å²) in [5.41, 5.74) is 2.79. The number of nitrogens with zero attached hydrogens (tertiary/aromatic N) is 1. The van der Waals surface area contributed by atoms with E-state index in [1.807, 2.05) is 61.5 Å². The Hall–Kier alpha value is -1.56. The molecule has 0 spiro atoms. The van der Waals surface area contributed by atoms with Crippen molar-refractivity contribution in [3.63, 3.8) is 0 Å². The predicted octanol–water partition coefficient (Wildman–Crippen LogP) is 3.96. The van der Waals surface area contributed by atoms with Crippen molar-refractivity contribution in [3.05, 3.63) is 59.1 Å². The van der Waals surface area contributed by atoms with Crippen LogP contribution in [0.25, 0.3) is 6.08 Å². The van der Waals surface area contributed by atoms with Crippen LogP contribution >= 0.6 is 22.6 Å². The lowest BCUT2D eigenvalue weighted by molar-refractivity contribution is -0.112. The number of alkyl halides is 1. The van der Waals surface area contributed by atoms with Crippen LogP contribution in [0.2, 0.25) is 0 Å². The highest BCUT2D eigenvalue weighted by molar-refractivity contribution is 14.1. The average Bonchev–Trinajstić information content (AvgIpc) is 2.77. The van der Waals surface area contributed by atoms with E-state index in [1.165, 1.54) is 0 Å². The number of rotatable bonds is 2. The number of Topliss-reactive ketones (excluding diaryl/α,β-unsaturated/α-hetero) is 1. The minimum Gasteiger partial charge on any atom is -0.453 e. The first-order valence-electron chi connectivity index (χ1n) is 7.25. The van der Waals surface area contributed by atoms with Gasteiger partial charge in [0.05, 0.1) is 5.57 Å². The molecule has 1 aliphatic carbocycles. The van der Waals surface area contributed by atoms with Crippen LogP contribution in [0.3, 0.4) is 0 Å². The Balaban J connectivity index is 1.89. The molecule has 2 aliphatic rings. The molecule has 0 aromatic heterocycles. The third kappa shape index (κ3) is 2.84. The maximum absolute atomic E-state index is 12.5. The van der Waals surface area contributed by atoms with Crippen LogP contribution in [-0.2, 0) is 9.53 Å². The van der Waals surface area contributed by atoms with Gasteiger partial charge in [0.1, 0.15) is 5.76 Å². The van der Waals surface area contributed by atoms with E-state index in [0.29, 0.717) is 26.9 Å². The fraction of sp³-hybridized carbons (Fsp3) is 0.278. The fourth-order valence-electron chi connectivity index (χ4n) is 2.50. The van der Waals surface area contributed by atoms with E-state index in [0.717, 1.165) is 11.3 Å². The Morgan fingerprint density at radius 2 is 1.86 bits per heavy atom. The van der Waals surface area contributed by atoms with E-state index in [-0.39, 0.29) is 5.78 Å². The van der Waals surface area contributed by atoms with Crippen molar-refractivity contribution in [1.29, 1.82) is 0 Å². The number of hydrogen-bond acceptors (Lipinski definition) is 3. The number of ketones is 1. The van der Waals surface area contributed by atoms with Gasteiger partial charge >= 0.3 is 0 Å². The van der Waals surface area contributed by atoms with Crippen molar-refractivity contribution < 1.29 is 9.53 Å². The lowest BCUT2D eigenvalue weighted by Gasteiger charge is -2.16. The Morgan fingerprint density at radius 1 is 1.18 bits per heavy atom. The monoisotopic (exact) mass is 407 g/mol. The molecule has 22 heavy (non-hydrogen) atoms. The summed E-state index contributed by atoms with van der Waals surface area (Å²) in [6.45, 7) is 2.13. The molecular weight excluding hydrogens is 389 g/mol. The second-order valence-corrected chi connectivity index (χ2v) is 7.28. The molecular formula is C18H18INO2. The third-order valence-electron chi connectivity index (χ3n) is 3.90. The summed E-state index contributed by atoms with van der Waals surface area (Å²) in [5.74, 6) is 1.48. The molecule has 1 fully saturated rings. The van der Waals surface area contributed by atoms with Gasteiger partial charge in [-0.1, -0.05) is 47.7 Å². The minimum absolute atomic E-state index is 0.0171. The van der Waals surface area contributed by atoms with Crippen molar-refractivity contribution in [3.8, 4) is 0 Å². The quantitative estimate of drug-likeness (QED) is 0.423. The molecule has 0 saturated carbocycles. The lowest BCUT2D eigenvalue weighted by Crippen LogP contribution is -2.13. The molecule has 1 aromatic carbocycles. The van der Waals surface area contributed by atoms with Crippen LogP contribution < -0.4 is 4.90 Å². The summed E-state index contributed by atoms with van der Waals surface area (Å²) in [6.07, 6.45) is 5.87. The van der Waals surface area contributed by atoms with Gasteiger partial charge in [0.2, 0.25) is 5.78 Å². The molecule has 3 rings (SSSR count). The summed E-state index contributed by atoms with van der Waals surface area (Å²) < 4.78 is 6.10. The van der Waals surface area contributed by atoms with Gasteiger partial charge in [-0.3, -0.25) is 4.79 Å². The molecule has 0 bridgehead atoms. The van der Waals surface area contributed by atoms with Gasteiger partial charge in [-0.2, -0.15) is 0 Å². The molecule has 1 aromatic rings. The van der Waals surface area contributed by atoms with Crippen LogP contribution in [-0.4, -0.2) is 23.8 Å². The van der Waals surface area contributed by atoms with Crippen molar-refractivity contribution in [2.24, 2.45) is 5.92 Å². The zero-order valence-corrected chi connectivity index (χ0v) is 15.0. The van der Waals surface area contributed by atoms with E-state index in [9.17, 15) is 4.79 Å². The van der Waals surface area contributed by atoms with E-state index in [1.54, 1.807) is 0 Å². The molecule has 1 saturated heterocycles. The minimum atomic E-state index is -0.0171. The average molecular weight is 407 g/mol. The normalized spacial score (nSPS) is 25.5. The Morgan fingerprint density at radius 3 is 2.50 bits per heavy atom. The first-order chi connectivity index (χ1) is 10.5. The van der Waals surface area contributed by atoms with E-state index < -0.39 is 0 Å². The Labute approximate surface area is 144 Å².